The summed E-state index contributed by atoms with van der Waals surface area (Å²) in [6.45, 7) is 4.24. The third-order valence-corrected chi connectivity index (χ3v) is 2.16. The fourth-order valence-corrected chi connectivity index (χ4v) is 1.17. The quantitative estimate of drug-likeness (QED) is 0.495. The van der Waals surface area contributed by atoms with E-state index < -0.39 is 18.1 Å². The summed E-state index contributed by atoms with van der Waals surface area (Å²) in [6.07, 6.45) is 0.436. The van der Waals surface area contributed by atoms with Gasteiger partial charge in [0, 0.05) is 13.7 Å². The maximum atomic E-state index is 11.5. The molecular formula is C10H20N2O4. The zero-order valence-electron chi connectivity index (χ0n) is 9.95. The number of carboxylic acids is 1. The molecule has 6 heteroatoms. The molecule has 0 aliphatic heterocycles. The fourth-order valence-electron chi connectivity index (χ4n) is 1.17. The summed E-state index contributed by atoms with van der Waals surface area (Å²) in [6, 6.07) is -1.22. The Labute approximate surface area is 95.4 Å². The van der Waals surface area contributed by atoms with Crippen molar-refractivity contribution in [2.45, 2.75) is 32.4 Å². The van der Waals surface area contributed by atoms with Gasteiger partial charge in [-0.25, -0.2) is 0 Å². The standard InChI is InChI=1S/C10H20N2O4/c1-4-8(10(14)15)12-7(2)9(13)11-5-6-16-3/h7-8,12H,4-6H2,1-3H3,(H,11,13)(H,14,15). The second kappa shape index (κ2) is 8.06. The van der Waals surface area contributed by atoms with Crippen LogP contribution in [-0.2, 0) is 14.3 Å². The maximum Gasteiger partial charge on any atom is 0.320 e. The van der Waals surface area contributed by atoms with E-state index in [1.54, 1.807) is 21.0 Å². The lowest BCUT2D eigenvalue weighted by Crippen LogP contribution is -2.49. The lowest BCUT2D eigenvalue weighted by atomic mass is 10.2. The van der Waals surface area contributed by atoms with E-state index in [1.165, 1.54) is 0 Å². The number of aliphatic carboxylic acids is 1. The van der Waals surface area contributed by atoms with Crippen LogP contribution in [0.1, 0.15) is 20.3 Å². The highest BCUT2D eigenvalue weighted by Gasteiger charge is 2.20. The highest BCUT2D eigenvalue weighted by Crippen LogP contribution is 1.94. The summed E-state index contributed by atoms with van der Waals surface area (Å²) < 4.78 is 4.78. The van der Waals surface area contributed by atoms with Crippen LogP contribution in [0, 0.1) is 0 Å². The first-order valence-corrected chi connectivity index (χ1v) is 5.28. The van der Waals surface area contributed by atoms with E-state index in [0.29, 0.717) is 19.6 Å². The number of hydrogen-bond donors (Lipinski definition) is 3. The number of carboxylic acid groups (broad SMARTS) is 1. The van der Waals surface area contributed by atoms with Crippen molar-refractivity contribution >= 4 is 11.9 Å². The van der Waals surface area contributed by atoms with E-state index in [-0.39, 0.29) is 5.91 Å². The molecule has 0 aromatic carbocycles. The SMILES string of the molecule is CCC(NC(C)C(=O)NCCOC)C(=O)O. The van der Waals surface area contributed by atoms with Crippen molar-refractivity contribution in [1.82, 2.24) is 10.6 Å². The number of hydrogen-bond acceptors (Lipinski definition) is 4. The molecule has 2 atom stereocenters. The maximum absolute atomic E-state index is 11.5. The Morgan fingerprint density at radius 1 is 1.44 bits per heavy atom. The molecule has 0 aliphatic rings. The molecule has 0 saturated carbocycles. The monoisotopic (exact) mass is 232 g/mol. The molecular weight excluding hydrogens is 212 g/mol. The van der Waals surface area contributed by atoms with Crippen LogP contribution in [0.2, 0.25) is 0 Å². The minimum Gasteiger partial charge on any atom is -0.480 e. The minimum atomic E-state index is -0.945. The third-order valence-electron chi connectivity index (χ3n) is 2.16. The van der Waals surface area contributed by atoms with E-state index >= 15 is 0 Å². The normalized spacial score (nSPS) is 14.2. The molecule has 0 bridgehead atoms. The number of carbonyl (C=O) groups is 2. The molecule has 0 aliphatic carbocycles. The Morgan fingerprint density at radius 2 is 2.06 bits per heavy atom. The second-order valence-corrected chi connectivity index (χ2v) is 3.47. The molecule has 6 nitrogen and oxygen atoms in total. The van der Waals surface area contributed by atoms with Gasteiger partial charge in [0.1, 0.15) is 6.04 Å². The van der Waals surface area contributed by atoms with Crippen molar-refractivity contribution in [2.75, 3.05) is 20.3 Å². The molecule has 0 radical (unpaired) electrons. The number of rotatable bonds is 8. The average Bonchev–Trinajstić information content (AvgIpc) is 2.25. The first-order chi connectivity index (χ1) is 7.52. The first kappa shape index (κ1) is 14.9. The van der Waals surface area contributed by atoms with E-state index in [4.69, 9.17) is 9.84 Å². The molecule has 0 saturated heterocycles. The molecule has 0 aromatic heterocycles. The summed E-state index contributed by atoms with van der Waals surface area (Å²) in [7, 11) is 1.55. The zero-order chi connectivity index (χ0) is 12.6. The summed E-state index contributed by atoms with van der Waals surface area (Å²) >= 11 is 0. The Bertz CT molecular complexity index is 233. The largest absolute Gasteiger partial charge is 0.480 e. The fraction of sp³-hybridized carbons (Fsp3) is 0.800. The van der Waals surface area contributed by atoms with Crippen LogP contribution in [0.4, 0.5) is 0 Å². The van der Waals surface area contributed by atoms with E-state index in [0.717, 1.165) is 0 Å². The molecule has 1 amide bonds. The number of amides is 1. The van der Waals surface area contributed by atoms with E-state index in [9.17, 15) is 9.59 Å². The van der Waals surface area contributed by atoms with Crippen LogP contribution >= 0.6 is 0 Å². The molecule has 0 fully saturated rings. The summed E-state index contributed by atoms with van der Waals surface area (Å²) in [5.41, 5.74) is 0. The van der Waals surface area contributed by atoms with Crippen molar-refractivity contribution < 1.29 is 19.4 Å². The van der Waals surface area contributed by atoms with Crippen molar-refractivity contribution in [3.63, 3.8) is 0 Å². The van der Waals surface area contributed by atoms with Crippen molar-refractivity contribution in [1.29, 1.82) is 0 Å². The number of nitrogens with one attached hydrogen (secondary N) is 2. The highest BCUT2D eigenvalue weighted by molar-refractivity contribution is 5.82. The van der Waals surface area contributed by atoms with E-state index in [1.807, 2.05) is 0 Å². The van der Waals surface area contributed by atoms with Gasteiger partial charge in [0.25, 0.3) is 0 Å². The van der Waals surface area contributed by atoms with E-state index in [2.05, 4.69) is 10.6 Å². The summed E-state index contributed by atoms with van der Waals surface area (Å²) in [5.74, 6) is -1.17. The first-order valence-electron chi connectivity index (χ1n) is 5.28. The Balaban J connectivity index is 3.98. The van der Waals surface area contributed by atoms with Crippen molar-refractivity contribution in [3.05, 3.63) is 0 Å². The molecule has 2 unspecified atom stereocenters. The minimum absolute atomic E-state index is 0.225. The van der Waals surface area contributed by atoms with Gasteiger partial charge in [-0.05, 0) is 13.3 Å². The second-order valence-electron chi connectivity index (χ2n) is 3.47. The molecule has 16 heavy (non-hydrogen) atoms. The lowest BCUT2D eigenvalue weighted by Gasteiger charge is -2.18. The van der Waals surface area contributed by atoms with Crippen molar-refractivity contribution in [3.8, 4) is 0 Å². The van der Waals surface area contributed by atoms with Crippen molar-refractivity contribution in [2.24, 2.45) is 0 Å². The Morgan fingerprint density at radius 3 is 2.50 bits per heavy atom. The molecule has 3 N–H and O–H groups in total. The Hall–Kier alpha value is -1.14. The van der Waals surface area contributed by atoms with Gasteiger partial charge in [-0.2, -0.15) is 0 Å². The predicted molar refractivity (Wildman–Crippen MR) is 59.2 cm³/mol. The molecule has 0 rings (SSSR count). The summed E-state index contributed by atoms with van der Waals surface area (Å²) in [5, 5.41) is 14.2. The highest BCUT2D eigenvalue weighted by atomic mass is 16.5. The van der Waals surface area contributed by atoms with Crippen LogP contribution in [0.5, 0.6) is 0 Å². The third kappa shape index (κ3) is 5.67. The average molecular weight is 232 g/mol. The van der Waals surface area contributed by atoms with Gasteiger partial charge >= 0.3 is 5.97 Å². The number of carbonyl (C=O) groups excluding carboxylic acids is 1. The molecule has 0 heterocycles. The zero-order valence-corrected chi connectivity index (χ0v) is 9.95. The topological polar surface area (TPSA) is 87.7 Å². The predicted octanol–water partition coefficient (Wildman–Crippen LogP) is -0.410. The number of methoxy groups -OCH3 is 1. The summed E-state index contributed by atoms with van der Waals surface area (Å²) in [4.78, 5) is 22.2. The van der Waals surface area contributed by atoms with Gasteiger partial charge in [-0.15, -0.1) is 0 Å². The molecule has 94 valence electrons. The van der Waals surface area contributed by atoms with Crippen LogP contribution < -0.4 is 10.6 Å². The Kier molecular flexibility index (Phi) is 7.49. The van der Waals surface area contributed by atoms with Crippen LogP contribution in [-0.4, -0.2) is 49.3 Å². The van der Waals surface area contributed by atoms with Gasteiger partial charge in [-0.1, -0.05) is 6.92 Å². The van der Waals surface area contributed by atoms with Gasteiger partial charge in [0.15, 0.2) is 0 Å². The smallest absolute Gasteiger partial charge is 0.320 e. The molecule has 0 spiro atoms. The van der Waals surface area contributed by atoms with Crippen LogP contribution in [0.15, 0.2) is 0 Å². The van der Waals surface area contributed by atoms with Gasteiger partial charge in [0.2, 0.25) is 5.91 Å². The van der Waals surface area contributed by atoms with Gasteiger partial charge in [0.05, 0.1) is 12.6 Å². The van der Waals surface area contributed by atoms with Crippen LogP contribution in [0.25, 0.3) is 0 Å². The van der Waals surface area contributed by atoms with Gasteiger partial charge in [-0.3, -0.25) is 14.9 Å². The molecule has 0 aromatic rings. The number of ether oxygens (including phenoxy) is 1. The van der Waals surface area contributed by atoms with Gasteiger partial charge < -0.3 is 15.2 Å². The van der Waals surface area contributed by atoms with Crippen LogP contribution in [0.3, 0.4) is 0 Å². The lowest BCUT2D eigenvalue weighted by molar-refractivity contribution is -0.140.